The molecule has 0 bridgehead atoms. The summed E-state index contributed by atoms with van der Waals surface area (Å²) in [6, 6.07) is 10.2. The van der Waals surface area contributed by atoms with Crippen LogP contribution in [0, 0.1) is 6.92 Å². The van der Waals surface area contributed by atoms with Crippen molar-refractivity contribution in [1.82, 2.24) is 15.0 Å². The van der Waals surface area contributed by atoms with E-state index in [0.717, 1.165) is 33.6 Å². The lowest BCUT2D eigenvalue weighted by molar-refractivity contribution is 1.09. The van der Waals surface area contributed by atoms with Gasteiger partial charge in [0.15, 0.2) is 0 Å². The molecule has 3 rings (SSSR count). The Balaban J connectivity index is 1.75. The Kier molecular flexibility index (Phi) is 3.21. The van der Waals surface area contributed by atoms with Crippen molar-refractivity contribution in [2.75, 3.05) is 5.32 Å². The average molecular weight is 317 g/mol. The first-order valence-electron chi connectivity index (χ1n) is 6.01. The minimum absolute atomic E-state index is 0.739. The molecule has 3 aromatic rings. The average Bonchev–Trinajstić information content (AvgIpc) is 2.87. The van der Waals surface area contributed by atoms with Crippen LogP contribution in [0.25, 0.3) is 11.0 Å². The van der Waals surface area contributed by atoms with Crippen molar-refractivity contribution in [2.45, 2.75) is 13.5 Å². The lowest BCUT2D eigenvalue weighted by atomic mass is 10.2. The number of hydrogen-bond acceptors (Lipinski definition) is 3. The third-order valence-electron chi connectivity index (χ3n) is 2.98. The highest BCUT2D eigenvalue weighted by atomic mass is 79.9. The predicted molar refractivity (Wildman–Crippen MR) is 80.1 cm³/mol. The molecule has 0 radical (unpaired) electrons. The standard InChI is InChI=1S/C14H13BrN4/c1-9-11(15)3-5-14(19-9)16-7-10-2-4-12-13(6-10)18-8-17-12/h2-6,8H,7H2,1H3,(H,16,19)(H,17,18). The van der Waals surface area contributed by atoms with Crippen LogP contribution in [-0.2, 0) is 6.54 Å². The fourth-order valence-corrected chi connectivity index (χ4v) is 2.15. The molecular formula is C14H13BrN4. The van der Waals surface area contributed by atoms with Crippen molar-refractivity contribution in [3.63, 3.8) is 0 Å². The molecule has 19 heavy (non-hydrogen) atoms. The Labute approximate surface area is 119 Å². The monoisotopic (exact) mass is 316 g/mol. The van der Waals surface area contributed by atoms with Crippen LogP contribution >= 0.6 is 15.9 Å². The molecule has 4 nitrogen and oxygen atoms in total. The summed E-state index contributed by atoms with van der Waals surface area (Å²) in [6.07, 6.45) is 1.71. The molecular weight excluding hydrogens is 304 g/mol. The largest absolute Gasteiger partial charge is 0.366 e. The zero-order chi connectivity index (χ0) is 13.2. The fourth-order valence-electron chi connectivity index (χ4n) is 1.93. The number of aromatic nitrogens is 3. The maximum atomic E-state index is 4.46. The van der Waals surface area contributed by atoms with Crippen LogP contribution in [0.3, 0.4) is 0 Å². The topological polar surface area (TPSA) is 53.6 Å². The van der Waals surface area contributed by atoms with Crippen LogP contribution in [0.5, 0.6) is 0 Å². The third-order valence-corrected chi connectivity index (χ3v) is 3.82. The number of imidazole rings is 1. The number of H-pyrrole nitrogens is 1. The lowest BCUT2D eigenvalue weighted by Crippen LogP contribution is -2.02. The van der Waals surface area contributed by atoms with Gasteiger partial charge in [-0.25, -0.2) is 9.97 Å². The van der Waals surface area contributed by atoms with Gasteiger partial charge in [0.1, 0.15) is 5.82 Å². The molecule has 0 aliphatic rings. The van der Waals surface area contributed by atoms with Crippen molar-refractivity contribution in [3.05, 3.63) is 52.4 Å². The van der Waals surface area contributed by atoms with E-state index in [1.165, 1.54) is 5.56 Å². The zero-order valence-corrected chi connectivity index (χ0v) is 12.0. The van der Waals surface area contributed by atoms with Crippen molar-refractivity contribution in [2.24, 2.45) is 0 Å². The van der Waals surface area contributed by atoms with E-state index in [0.29, 0.717) is 0 Å². The van der Waals surface area contributed by atoms with E-state index < -0.39 is 0 Å². The number of aryl methyl sites for hydroxylation is 1. The first-order chi connectivity index (χ1) is 9.22. The SMILES string of the molecule is Cc1nc(NCc2ccc3nc[nH]c3c2)ccc1Br. The van der Waals surface area contributed by atoms with Crippen LogP contribution < -0.4 is 5.32 Å². The van der Waals surface area contributed by atoms with Crippen molar-refractivity contribution >= 4 is 32.8 Å². The molecule has 2 N–H and O–H groups in total. The maximum absolute atomic E-state index is 4.46. The first kappa shape index (κ1) is 12.2. The summed E-state index contributed by atoms with van der Waals surface area (Å²) in [6.45, 7) is 2.72. The molecule has 0 atom stereocenters. The highest BCUT2D eigenvalue weighted by molar-refractivity contribution is 9.10. The number of hydrogen-bond donors (Lipinski definition) is 2. The summed E-state index contributed by atoms with van der Waals surface area (Å²) in [4.78, 5) is 11.8. The maximum Gasteiger partial charge on any atom is 0.126 e. The molecule has 0 aliphatic carbocycles. The zero-order valence-electron chi connectivity index (χ0n) is 10.4. The second-order valence-corrected chi connectivity index (χ2v) is 5.23. The van der Waals surface area contributed by atoms with Gasteiger partial charge in [0.25, 0.3) is 0 Å². The molecule has 0 saturated heterocycles. The fraction of sp³-hybridized carbons (Fsp3) is 0.143. The highest BCUT2D eigenvalue weighted by Crippen LogP contribution is 2.17. The van der Waals surface area contributed by atoms with E-state index in [2.05, 4.69) is 48.3 Å². The molecule has 2 aromatic heterocycles. The van der Waals surface area contributed by atoms with E-state index in [4.69, 9.17) is 0 Å². The van der Waals surface area contributed by atoms with E-state index >= 15 is 0 Å². The second-order valence-electron chi connectivity index (χ2n) is 4.37. The number of halogens is 1. The molecule has 0 fully saturated rings. The number of rotatable bonds is 3. The molecule has 2 heterocycles. The normalized spacial score (nSPS) is 10.8. The predicted octanol–water partition coefficient (Wildman–Crippen LogP) is 3.64. The van der Waals surface area contributed by atoms with Gasteiger partial charge in [0.2, 0.25) is 0 Å². The Morgan fingerprint density at radius 2 is 2.16 bits per heavy atom. The number of anilines is 1. The quantitative estimate of drug-likeness (QED) is 0.775. The van der Waals surface area contributed by atoms with Gasteiger partial charge in [-0.3, -0.25) is 0 Å². The molecule has 1 aromatic carbocycles. The van der Waals surface area contributed by atoms with Gasteiger partial charge in [-0.1, -0.05) is 6.07 Å². The Morgan fingerprint density at radius 3 is 3.00 bits per heavy atom. The van der Waals surface area contributed by atoms with Crippen molar-refractivity contribution < 1.29 is 0 Å². The van der Waals surface area contributed by atoms with Crippen LogP contribution in [0.4, 0.5) is 5.82 Å². The van der Waals surface area contributed by atoms with Crippen LogP contribution in [0.1, 0.15) is 11.3 Å². The number of nitrogens with one attached hydrogen (secondary N) is 2. The Morgan fingerprint density at radius 1 is 1.26 bits per heavy atom. The smallest absolute Gasteiger partial charge is 0.126 e. The number of aromatic amines is 1. The minimum atomic E-state index is 0.739. The van der Waals surface area contributed by atoms with E-state index in [1.807, 2.05) is 25.1 Å². The third kappa shape index (κ3) is 2.61. The number of nitrogens with zero attached hydrogens (tertiary/aromatic N) is 2. The summed E-state index contributed by atoms with van der Waals surface area (Å²) in [7, 11) is 0. The molecule has 0 spiro atoms. The van der Waals surface area contributed by atoms with Gasteiger partial charge < -0.3 is 10.3 Å². The van der Waals surface area contributed by atoms with Gasteiger partial charge in [0, 0.05) is 11.0 Å². The van der Waals surface area contributed by atoms with Crippen LogP contribution in [-0.4, -0.2) is 15.0 Å². The summed E-state index contributed by atoms with van der Waals surface area (Å²) in [5.41, 5.74) is 4.22. The van der Waals surface area contributed by atoms with E-state index in [1.54, 1.807) is 6.33 Å². The summed E-state index contributed by atoms with van der Waals surface area (Å²) in [5, 5.41) is 3.32. The summed E-state index contributed by atoms with van der Waals surface area (Å²) < 4.78 is 1.02. The van der Waals surface area contributed by atoms with Crippen molar-refractivity contribution in [3.8, 4) is 0 Å². The van der Waals surface area contributed by atoms with E-state index in [-0.39, 0.29) is 0 Å². The van der Waals surface area contributed by atoms with Gasteiger partial charge in [-0.05, 0) is 52.7 Å². The Bertz CT molecular complexity index is 720. The minimum Gasteiger partial charge on any atom is -0.366 e. The van der Waals surface area contributed by atoms with Crippen LogP contribution in [0.15, 0.2) is 41.1 Å². The van der Waals surface area contributed by atoms with E-state index in [9.17, 15) is 0 Å². The van der Waals surface area contributed by atoms with Crippen molar-refractivity contribution in [1.29, 1.82) is 0 Å². The summed E-state index contributed by atoms with van der Waals surface area (Å²) in [5.74, 6) is 0.880. The number of fused-ring (bicyclic) bond motifs is 1. The highest BCUT2D eigenvalue weighted by Gasteiger charge is 2.01. The molecule has 0 saturated carbocycles. The second kappa shape index (κ2) is 5.01. The number of pyridine rings is 1. The molecule has 96 valence electrons. The van der Waals surface area contributed by atoms with Gasteiger partial charge in [-0.15, -0.1) is 0 Å². The summed E-state index contributed by atoms with van der Waals surface area (Å²) >= 11 is 3.45. The molecule has 0 aliphatic heterocycles. The lowest BCUT2D eigenvalue weighted by Gasteiger charge is -2.07. The van der Waals surface area contributed by atoms with Crippen LogP contribution in [0.2, 0.25) is 0 Å². The molecule has 0 unspecified atom stereocenters. The first-order valence-corrected chi connectivity index (χ1v) is 6.81. The molecule has 5 heteroatoms. The van der Waals surface area contributed by atoms with Gasteiger partial charge in [-0.2, -0.15) is 0 Å². The molecule has 0 amide bonds. The Hall–Kier alpha value is -1.88. The number of benzene rings is 1. The van der Waals surface area contributed by atoms with Gasteiger partial charge >= 0.3 is 0 Å². The van der Waals surface area contributed by atoms with Gasteiger partial charge in [0.05, 0.1) is 23.1 Å².